The van der Waals surface area contributed by atoms with E-state index in [9.17, 15) is 14.4 Å². The number of aromatic amines is 1. The van der Waals surface area contributed by atoms with E-state index in [0.717, 1.165) is 45.5 Å². The van der Waals surface area contributed by atoms with Gasteiger partial charge in [-0.25, -0.2) is 9.48 Å². The van der Waals surface area contributed by atoms with Gasteiger partial charge in [0.15, 0.2) is 0 Å². The van der Waals surface area contributed by atoms with Gasteiger partial charge >= 0.3 is 5.97 Å². The number of nitrogens with one attached hydrogen (secondary N) is 1. The molecule has 1 fully saturated rings. The second-order valence-corrected chi connectivity index (χ2v) is 14.1. The van der Waals surface area contributed by atoms with Gasteiger partial charge in [0, 0.05) is 39.5 Å². The van der Waals surface area contributed by atoms with Gasteiger partial charge in [-0.3, -0.25) is 9.59 Å². The number of rotatable bonds is 5. The van der Waals surface area contributed by atoms with Crippen molar-refractivity contribution in [2.45, 2.75) is 92.0 Å². The summed E-state index contributed by atoms with van der Waals surface area (Å²) < 4.78 is 10.2. The van der Waals surface area contributed by atoms with Gasteiger partial charge in [-0.05, 0) is 92.0 Å². The largest absolute Gasteiger partial charge is 0.456 e. The number of pyridine rings is 1. The van der Waals surface area contributed by atoms with Crippen molar-refractivity contribution in [2.24, 2.45) is 0 Å². The lowest BCUT2D eigenvalue weighted by Gasteiger charge is -2.45. The van der Waals surface area contributed by atoms with Crippen molar-refractivity contribution in [3.63, 3.8) is 0 Å². The Morgan fingerprint density at radius 2 is 1.86 bits per heavy atom. The zero-order chi connectivity index (χ0) is 31.4. The van der Waals surface area contributed by atoms with E-state index >= 15 is 0 Å². The van der Waals surface area contributed by atoms with Crippen molar-refractivity contribution in [3.05, 3.63) is 79.1 Å². The molecule has 4 heterocycles. The Bertz CT molecular complexity index is 1790. The van der Waals surface area contributed by atoms with Crippen LogP contribution >= 0.6 is 15.9 Å². The fourth-order valence-corrected chi connectivity index (χ4v) is 6.43. The standard InChI is InChI=1S/C32H39BrN6O4/c1-18-11-21(33)13-25-27(18)34-14-26(28(25)40)29(41)38-17-23(9-10-32(38,7)8)39-16-22(35-36-39)15-37-19(2)12-24(20(37)3)30(42)43-31(4,5)6/h11-14,16,23H,9-10,15,17H2,1-8H3,(H,34,40). The highest BCUT2D eigenvalue weighted by Crippen LogP contribution is 2.34. The maximum Gasteiger partial charge on any atom is 0.340 e. The summed E-state index contributed by atoms with van der Waals surface area (Å²) in [6.45, 7) is 16.2. The number of halogens is 1. The fourth-order valence-electron chi connectivity index (χ4n) is 5.86. The number of amides is 1. The molecular formula is C32H39BrN6O4. The molecule has 11 heteroatoms. The number of ether oxygens (including phenoxy) is 1. The van der Waals surface area contributed by atoms with E-state index in [1.165, 1.54) is 6.20 Å². The molecule has 1 aliphatic rings. The highest BCUT2D eigenvalue weighted by atomic mass is 79.9. The summed E-state index contributed by atoms with van der Waals surface area (Å²) >= 11 is 3.47. The van der Waals surface area contributed by atoms with Crippen LogP contribution in [0.5, 0.6) is 0 Å². The molecule has 1 N–H and O–H groups in total. The van der Waals surface area contributed by atoms with Crippen LogP contribution in [0.1, 0.15) is 96.9 Å². The number of esters is 1. The normalized spacial score (nSPS) is 17.0. The number of hydrogen-bond donors (Lipinski definition) is 1. The summed E-state index contributed by atoms with van der Waals surface area (Å²) in [5.41, 5.74) is 3.47. The number of aromatic nitrogens is 5. The zero-order valence-electron chi connectivity index (χ0n) is 26.0. The first kappa shape index (κ1) is 30.7. The van der Waals surface area contributed by atoms with Crippen molar-refractivity contribution in [1.29, 1.82) is 0 Å². The van der Waals surface area contributed by atoms with Crippen LogP contribution in [-0.4, -0.2) is 59.0 Å². The molecule has 5 rings (SSSR count). The second-order valence-electron chi connectivity index (χ2n) is 13.2. The molecule has 0 saturated carbocycles. The van der Waals surface area contributed by atoms with E-state index in [0.29, 0.717) is 24.0 Å². The van der Waals surface area contributed by atoms with Gasteiger partial charge in [-0.15, -0.1) is 5.10 Å². The minimum absolute atomic E-state index is 0.0988. The number of likely N-dealkylation sites (tertiary alicyclic amines) is 1. The van der Waals surface area contributed by atoms with Gasteiger partial charge < -0.3 is 19.2 Å². The minimum Gasteiger partial charge on any atom is -0.456 e. The SMILES string of the molecule is Cc1cc(Br)cc2c(=O)c(C(=O)N3CC(n4cc(Cn5c(C)cc(C(=O)OC(C)(C)C)c5C)nn4)CCC3(C)C)c[nH]c12. The van der Waals surface area contributed by atoms with Gasteiger partial charge in [-0.2, -0.15) is 0 Å². The van der Waals surface area contributed by atoms with Crippen LogP contribution in [0.3, 0.4) is 0 Å². The molecular weight excluding hydrogens is 612 g/mol. The van der Waals surface area contributed by atoms with Gasteiger partial charge in [-0.1, -0.05) is 21.1 Å². The Hall–Kier alpha value is -3.73. The maximum atomic E-state index is 13.9. The molecule has 0 bridgehead atoms. The van der Waals surface area contributed by atoms with Crippen LogP contribution < -0.4 is 5.43 Å². The number of carbonyl (C=O) groups is 2. The average Bonchev–Trinajstić information content (AvgIpc) is 3.48. The van der Waals surface area contributed by atoms with Crippen molar-refractivity contribution >= 4 is 38.7 Å². The van der Waals surface area contributed by atoms with E-state index in [2.05, 4.69) is 31.2 Å². The summed E-state index contributed by atoms with van der Waals surface area (Å²) in [4.78, 5) is 45.1. The number of H-pyrrole nitrogens is 1. The molecule has 0 aliphatic carbocycles. The van der Waals surface area contributed by atoms with Crippen molar-refractivity contribution in [2.75, 3.05) is 6.54 Å². The molecule has 0 radical (unpaired) electrons. The molecule has 228 valence electrons. The minimum atomic E-state index is -0.579. The lowest BCUT2D eigenvalue weighted by molar-refractivity contribution is 0.00682. The Morgan fingerprint density at radius 3 is 2.56 bits per heavy atom. The fraction of sp³-hybridized carbons (Fsp3) is 0.469. The second kappa shape index (κ2) is 11.1. The molecule has 1 unspecified atom stereocenters. The number of aryl methyl sites for hydroxylation is 2. The molecule has 1 amide bonds. The first-order valence-corrected chi connectivity index (χ1v) is 15.3. The van der Waals surface area contributed by atoms with E-state index in [1.807, 2.05) is 83.0 Å². The van der Waals surface area contributed by atoms with E-state index in [-0.39, 0.29) is 28.9 Å². The highest BCUT2D eigenvalue weighted by molar-refractivity contribution is 9.10. The first-order valence-electron chi connectivity index (χ1n) is 14.5. The van der Waals surface area contributed by atoms with Crippen molar-refractivity contribution in [3.8, 4) is 0 Å². The molecule has 4 aromatic rings. The topological polar surface area (TPSA) is 115 Å². The zero-order valence-corrected chi connectivity index (χ0v) is 27.6. The summed E-state index contributed by atoms with van der Waals surface area (Å²) in [7, 11) is 0. The van der Waals surface area contributed by atoms with E-state index in [4.69, 9.17) is 4.74 Å². The number of benzene rings is 1. The monoisotopic (exact) mass is 650 g/mol. The molecule has 3 aromatic heterocycles. The smallest absolute Gasteiger partial charge is 0.340 e. The number of nitrogens with zero attached hydrogens (tertiary/aromatic N) is 5. The van der Waals surface area contributed by atoms with Gasteiger partial charge in [0.1, 0.15) is 16.9 Å². The third kappa shape index (κ3) is 6.04. The van der Waals surface area contributed by atoms with Crippen molar-refractivity contribution < 1.29 is 14.3 Å². The Balaban J connectivity index is 1.37. The summed E-state index contributed by atoms with van der Waals surface area (Å²) in [6.07, 6.45) is 4.99. The Labute approximate surface area is 259 Å². The third-order valence-corrected chi connectivity index (χ3v) is 8.74. The molecule has 1 aliphatic heterocycles. The molecule has 1 saturated heterocycles. The van der Waals surface area contributed by atoms with Crippen LogP contribution in [0, 0.1) is 20.8 Å². The number of carbonyl (C=O) groups excluding carboxylic acids is 2. The van der Waals surface area contributed by atoms with Crippen LogP contribution in [0.4, 0.5) is 0 Å². The van der Waals surface area contributed by atoms with Gasteiger partial charge in [0.2, 0.25) is 5.43 Å². The third-order valence-electron chi connectivity index (χ3n) is 8.28. The van der Waals surface area contributed by atoms with Gasteiger partial charge in [0.05, 0.1) is 29.9 Å². The quantitative estimate of drug-likeness (QED) is 0.270. The molecule has 1 atom stereocenters. The molecule has 0 spiro atoms. The molecule has 10 nitrogen and oxygen atoms in total. The summed E-state index contributed by atoms with van der Waals surface area (Å²) in [5, 5.41) is 9.34. The van der Waals surface area contributed by atoms with Crippen LogP contribution in [0.15, 0.2) is 39.9 Å². The van der Waals surface area contributed by atoms with Crippen molar-refractivity contribution in [1.82, 2.24) is 29.4 Å². The summed E-state index contributed by atoms with van der Waals surface area (Å²) in [6, 6.07) is 5.43. The van der Waals surface area contributed by atoms with E-state index < -0.39 is 11.1 Å². The van der Waals surface area contributed by atoms with Crippen LogP contribution in [0.2, 0.25) is 0 Å². The highest BCUT2D eigenvalue weighted by Gasteiger charge is 2.39. The number of piperidine rings is 1. The maximum absolute atomic E-state index is 13.9. The predicted molar refractivity (Wildman–Crippen MR) is 169 cm³/mol. The number of fused-ring (bicyclic) bond motifs is 1. The molecule has 43 heavy (non-hydrogen) atoms. The summed E-state index contributed by atoms with van der Waals surface area (Å²) in [5.74, 6) is -0.651. The van der Waals surface area contributed by atoms with Crippen LogP contribution in [-0.2, 0) is 11.3 Å². The molecule has 1 aromatic carbocycles. The average molecular weight is 652 g/mol. The Morgan fingerprint density at radius 1 is 1.14 bits per heavy atom. The van der Waals surface area contributed by atoms with Gasteiger partial charge in [0.25, 0.3) is 5.91 Å². The lowest BCUT2D eigenvalue weighted by atomic mass is 9.87. The predicted octanol–water partition coefficient (Wildman–Crippen LogP) is 5.87. The Kier molecular flexibility index (Phi) is 7.91. The number of hydrogen-bond acceptors (Lipinski definition) is 6. The van der Waals surface area contributed by atoms with E-state index in [1.54, 1.807) is 11.0 Å². The first-order chi connectivity index (χ1) is 20.1. The lowest BCUT2D eigenvalue weighted by Crippen LogP contribution is -2.54. The van der Waals surface area contributed by atoms with Crippen LogP contribution in [0.25, 0.3) is 10.9 Å².